The van der Waals surface area contributed by atoms with Gasteiger partial charge in [-0.15, -0.1) is 11.3 Å². The van der Waals surface area contributed by atoms with Crippen molar-refractivity contribution in [3.8, 4) is 11.3 Å². The van der Waals surface area contributed by atoms with Gasteiger partial charge in [-0.2, -0.15) is 0 Å². The molecule has 0 spiro atoms. The van der Waals surface area contributed by atoms with Crippen LogP contribution in [0.2, 0.25) is 0 Å². The zero-order valence-electron chi connectivity index (χ0n) is 20.9. The molecule has 0 radical (unpaired) electrons. The van der Waals surface area contributed by atoms with Crippen molar-refractivity contribution < 1.29 is 0 Å². The largest absolute Gasteiger partial charge is 0.248 e. The standard InChI is InChI=1S/C33H31NS/c1-20(2)15-22-17-27-26-11-7-8-12-31(26)35-33(27)28(18-22)30-19-24(16-21(3)4)32-25-10-6-5-9-23(25)13-14-29(32)34-30/h5-14,17-21H,15-16H2,1-4H3. The van der Waals surface area contributed by atoms with E-state index in [0.29, 0.717) is 11.8 Å². The molecule has 1 nitrogen and oxygen atoms in total. The molecular formula is C33H31NS. The van der Waals surface area contributed by atoms with Gasteiger partial charge in [0.2, 0.25) is 0 Å². The van der Waals surface area contributed by atoms with Gasteiger partial charge in [0.1, 0.15) is 0 Å². The maximum absolute atomic E-state index is 5.31. The molecule has 4 aromatic carbocycles. The number of hydrogen-bond donors (Lipinski definition) is 0. The van der Waals surface area contributed by atoms with Crippen LogP contribution >= 0.6 is 11.3 Å². The highest BCUT2D eigenvalue weighted by molar-refractivity contribution is 7.26. The van der Waals surface area contributed by atoms with Gasteiger partial charge in [-0.05, 0) is 76.9 Å². The first-order chi connectivity index (χ1) is 17.0. The van der Waals surface area contributed by atoms with Gasteiger partial charge in [0.05, 0.1) is 11.2 Å². The summed E-state index contributed by atoms with van der Waals surface area (Å²) >= 11 is 1.90. The van der Waals surface area contributed by atoms with Gasteiger partial charge in [-0.3, -0.25) is 0 Å². The molecule has 2 heteroatoms. The number of rotatable bonds is 5. The molecule has 6 aromatic rings. The lowest BCUT2D eigenvalue weighted by atomic mass is 9.92. The zero-order chi connectivity index (χ0) is 24.1. The highest BCUT2D eigenvalue weighted by Crippen LogP contribution is 2.42. The molecule has 0 fully saturated rings. The van der Waals surface area contributed by atoms with Crippen molar-refractivity contribution in [3.05, 3.63) is 90.0 Å². The summed E-state index contributed by atoms with van der Waals surface area (Å²) in [6.45, 7) is 9.22. The molecule has 0 saturated heterocycles. The first kappa shape index (κ1) is 22.2. The van der Waals surface area contributed by atoms with Crippen LogP contribution in [-0.4, -0.2) is 4.98 Å². The summed E-state index contributed by atoms with van der Waals surface area (Å²) < 4.78 is 2.70. The Morgan fingerprint density at radius 2 is 1.46 bits per heavy atom. The van der Waals surface area contributed by atoms with E-state index < -0.39 is 0 Å². The Morgan fingerprint density at radius 3 is 2.26 bits per heavy atom. The molecule has 0 atom stereocenters. The summed E-state index contributed by atoms with van der Waals surface area (Å²) in [4.78, 5) is 5.31. The molecule has 0 aliphatic heterocycles. The van der Waals surface area contributed by atoms with Gasteiger partial charge < -0.3 is 0 Å². The summed E-state index contributed by atoms with van der Waals surface area (Å²) in [6.07, 6.45) is 2.12. The number of benzene rings is 4. The van der Waals surface area contributed by atoms with E-state index in [1.54, 1.807) is 0 Å². The van der Waals surface area contributed by atoms with Crippen LogP contribution in [-0.2, 0) is 12.8 Å². The minimum absolute atomic E-state index is 0.573. The van der Waals surface area contributed by atoms with Gasteiger partial charge in [0, 0.05) is 31.1 Å². The lowest BCUT2D eigenvalue weighted by Crippen LogP contribution is -2.00. The SMILES string of the molecule is CC(C)Cc1cc(-c2cc(CC(C)C)c3c(ccc4ccccc43)n2)c2sc3ccccc3c2c1. The normalized spacial score (nSPS) is 12.2. The predicted molar refractivity (Wildman–Crippen MR) is 155 cm³/mol. The molecule has 0 aliphatic rings. The van der Waals surface area contributed by atoms with Crippen LogP contribution in [0.4, 0.5) is 0 Å². The average molecular weight is 474 g/mol. The number of pyridine rings is 1. The van der Waals surface area contributed by atoms with Crippen LogP contribution in [0.1, 0.15) is 38.8 Å². The molecular weight excluding hydrogens is 442 g/mol. The van der Waals surface area contributed by atoms with Gasteiger partial charge in [-0.25, -0.2) is 4.98 Å². The van der Waals surface area contributed by atoms with Crippen molar-refractivity contribution in [2.24, 2.45) is 11.8 Å². The molecule has 0 amide bonds. The van der Waals surface area contributed by atoms with E-state index in [1.165, 1.54) is 53.0 Å². The van der Waals surface area contributed by atoms with Crippen molar-refractivity contribution in [3.63, 3.8) is 0 Å². The highest BCUT2D eigenvalue weighted by Gasteiger charge is 2.17. The quantitative estimate of drug-likeness (QED) is 0.227. The Hall–Kier alpha value is -3.23. The summed E-state index contributed by atoms with van der Waals surface area (Å²) in [5.41, 5.74) is 6.28. The number of nitrogens with zero attached hydrogens (tertiary/aromatic N) is 1. The average Bonchev–Trinajstić information content (AvgIpc) is 3.21. The second kappa shape index (κ2) is 8.77. The van der Waals surface area contributed by atoms with Gasteiger partial charge in [-0.1, -0.05) is 76.2 Å². The second-order valence-corrected chi connectivity index (χ2v) is 11.7. The molecule has 174 valence electrons. The van der Waals surface area contributed by atoms with Crippen molar-refractivity contribution in [1.82, 2.24) is 4.98 Å². The van der Waals surface area contributed by atoms with E-state index in [9.17, 15) is 0 Å². The summed E-state index contributed by atoms with van der Waals surface area (Å²) in [5, 5.41) is 6.62. The fourth-order valence-corrected chi connectivity index (χ4v) is 6.70. The van der Waals surface area contributed by atoms with Crippen molar-refractivity contribution in [2.45, 2.75) is 40.5 Å². The zero-order valence-corrected chi connectivity index (χ0v) is 21.7. The van der Waals surface area contributed by atoms with Crippen LogP contribution < -0.4 is 0 Å². The van der Waals surface area contributed by atoms with Crippen LogP contribution in [0, 0.1) is 11.8 Å². The topological polar surface area (TPSA) is 12.9 Å². The third kappa shape index (κ3) is 4.00. The Bertz CT molecular complexity index is 1700. The molecule has 0 bridgehead atoms. The summed E-state index contributed by atoms with van der Waals surface area (Å²) in [5.74, 6) is 1.18. The number of thiophene rings is 1. The fourth-order valence-electron chi connectivity index (χ4n) is 5.50. The van der Waals surface area contributed by atoms with Crippen LogP contribution in [0.3, 0.4) is 0 Å². The van der Waals surface area contributed by atoms with E-state index in [1.807, 2.05) is 11.3 Å². The van der Waals surface area contributed by atoms with E-state index in [4.69, 9.17) is 4.98 Å². The first-order valence-electron chi connectivity index (χ1n) is 12.7. The maximum Gasteiger partial charge on any atom is 0.0727 e. The van der Waals surface area contributed by atoms with Crippen LogP contribution in [0.5, 0.6) is 0 Å². The third-order valence-electron chi connectivity index (χ3n) is 6.87. The van der Waals surface area contributed by atoms with Crippen LogP contribution in [0.25, 0.3) is 53.1 Å². The van der Waals surface area contributed by atoms with Crippen molar-refractivity contribution in [2.75, 3.05) is 0 Å². The molecule has 6 rings (SSSR count). The third-order valence-corrected chi connectivity index (χ3v) is 8.09. The molecule has 0 N–H and O–H groups in total. The molecule has 35 heavy (non-hydrogen) atoms. The second-order valence-electron chi connectivity index (χ2n) is 10.7. The Labute approximate surface area is 211 Å². The number of fused-ring (bicyclic) bond motifs is 6. The van der Waals surface area contributed by atoms with Gasteiger partial charge in [0.25, 0.3) is 0 Å². The predicted octanol–water partition coefficient (Wildman–Crippen LogP) is 9.82. The van der Waals surface area contributed by atoms with Crippen LogP contribution in [0.15, 0.2) is 78.9 Å². The van der Waals surface area contributed by atoms with Gasteiger partial charge >= 0.3 is 0 Å². The number of aromatic nitrogens is 1. The molecule has 2 aromatic heterocycles. The monoisotopic (exact) mass is 473 g/mol. The fraction of sp³-hybridized carbons (Fsp3) is 0.242. The highest BCUT2D eigenvalue weighted by atomic mass is 32.1. The maximum atomic E-state index is 5.31. The van der Waals surface area contributed by atoms with E-state index >= 15 is 0 Å². The van der Waals surface area contributed by atoms with Gasteiger partial charge in [0.15, 0.2) is 0 Å². The molecule has 2 heterocycles. The van der Waals surface area contributed by atoms with Crippen molar-refractivity contribution in [1.29, 1.82) is 0 Å². The first-order valence-corrected chi connectivity index (χ1v) is 13.6. The minimum Gasteiger partial charge on any atom is -0.248 e. The lowest BCUT2D eigenvalue weighted by molar-refractivity contribution is 0.648. The summed E-state index contributed by atoms with van der Waals surface area (Å²) in [7, 11) is 0. The minimum atomic E-state index is 0.573. The smallest absolute Gasteiger partial charge is 0.0727 e. The van der Waals surface area contributed by atoms with E-state index in [0.717, 1.165) is 24.1 Å². The van der Waals surface area contributed by atoms with E-state index in [2.05, 4.69) is 107 Å². The van der Waals surface area contributed by atoms with E-state index in [-0.39, 0.29) is 0 Å². The summed E-state index contributed by atoms with van der Waals surface area (Å²) in [6, 6.07) is 29.2. The molecule has 0 aliphatic carbocycles. The molecule has 0 unspecified atom stereocenters. The Balaban J connectivity index is 1.68. The number of hydrogen-bond acceptors (Lipinski definition) is 2. The Morgan fingerprint density at radius 1 is 0.714 bits per heavy atom. The molecule has 0 saturated carbocycles. The van der Waals surface area contributed by atoms with Crippen molar-refractivity contribution >= 4 is 53.2 Å². The lowest BCUT2D eigenvalue weighted by Gasteiger charge is -2.15. The Kier molecular flexibility index (Phi) is 5.57.